The molecule has 1 aromatic carbocycles. The van der Waals surface area contributed by atoms with E-state index < -0.39 is 47.9 Å². The molecule has 0 aliphatic rings. The predicted octanol–water partition coefficient (Wildman–Crippen LogP) is 0.236. The Labute approximate surface area is 228 Å². The zero-order chi connectivity index (χ0) is 28.8. The van der Waals surface area contributed by atoms with Crippen LogP contribution in [0, 0.1) is 5.92 Å². The van der Waals surface area contributed by atoms with Crippen LogP contribution in [0.1, 0.15) is 50.8 Å². The molecular weight excluding hydrogens is 502 g/mol. The first kappa shape index (κ1) is 31.4. The molecule has 2 rings (SSSR count). The van der Waals surface area contributed by atoms with E-state index in [1.54, 1.807) is 13.1 Å². The molecule has 0 saturated heterocycles. The Morgan fingerprint density at radius 1 is 0.974 bits per heavy atom. The van der Waals surface area contributed by atoms with Gasteiger partial charge in [0.15, 0.2) is 0 Å². The van der Waals surface area contributed by atoms with E-state index in [1.165, 1.54) is 6.33 Å². The van der Waals surface area contributed by atoms with Crippen LogP contribution >= 0.6 is 0 Å². The average Bonchev–Trinajstić information content (AvgIpc) is 3.43. The van der Waals surface area contributed by atoms with E-state index in [2.05, 4.69) is 25.9 Å². The zero-order valence-corrected chi connectivity index (χ0v) is 22.6. The number of nitrogens with two attached hydrogens (primary N) is 2. The third kappa shape index (κ3) is 10.5. The maximum Gasteiger partial charge on any atom is 0.326 e. The minimum atomic E-state index is -1.16. The fourth-order valence-electron chi connectivity index (χ4n) is 4.03. The van der Waals surface area contributed by atoms with Crippen LogP contribution in [0.4, 0.5) is 0 Å². The number of H-pyrrole nitrogens is 1. The number of imidazole rings is 1. The van der Waals surface area contributed by atoms with Gasteiger partial charge < -0.3 is 37.5 Å². The number of nitrogens with one attached hydrogen (secondary N) is 4. The first-order chi connectivity index (χ1) is 18.7. The Hall–Kier alpha value is -3.77. The van der Waals surface area contributed by atoms with E-state index in [0.29, 0.717) is 31.5 Å². The first-order valence-corrected chi connectivity index (χ1v) is 13.3. The van der Waals surface area contributed by atoms with E-state index in [1.807, 2.05) is 37.3 Å². The van der Waals surface area contributed by atoms with Gasteiger partial charge in [-0.15, -0.1) is 0 Å². The molecule has 9 N–H and O–H groups in total. The highest BCUT2D eigenvalue weighted by atomic mass is 16.4. The molecule has 12 heteroatoms. The van der Waals surface area contributed by atoms with E-state index >= 15 is 0 Å². The van der Waals surface area contributed by atoms with Gasteiger partial charge in [-0.2, -0.15) is 0 Å². The number of unbranched alkanes of at least 4 members (excludes halogenated alkanes) is 1. The Morgan fingerprint density at radius 3 is 2.26 bits per heavy atom. The predicted molar refractivity (Wildman–Crippen MR) is 146 cm³/mol. The molecule has 0 aliphatic carbocycles. The minimum Gasteiger partial charge on any atom is -0.480 e. The molecule has 3 amide bonds. The monoisotopic (exact) mass is 543 g/mol. The van der Waals surface area contributed by atoms with E-state index in [-0.39, 0.29) is 25.2 Å². The average molecular weight is 544 g/mol. The number of hydrogen-bond donors (Lipinski definition) is 7. The lowest BCUT2D eigenvalue weighted by atomic mass is 9.96. The highest BCUT2D eigenvalue weighted by Crippen LogP contribution is 2.12. The summed E-state index contributed by atoms with van der Waals surface area (Å²) in [7, 11) is 0. The van der Waals surface area contributed by atoms with E-state index in [9.17, 15) is 24.3 Å². The lowest BCUT2D eigenvalue weighted by molar-refractivity contribution is -0.143. The van der Waals surface area contributed by atoms with Crippen molar-refractivity contribution in [3.05, 3.63) is 54.1 Å². The largest absolute Gasteiger partial charge is 0.480 e. The molecule has 0 aliphatic heterocycles. The number of benzene rings is 1. The topological polar surface area (TPSA) is 205 Å². The van der Waals surface area contributed by atoms with Gasteiger partial charge >= 0.3 is 5.97 Å². The molecule has 39 heavy (non-hydrogen) atoms. The maximum absolute atomic E-state index is 13.5. The fourth-order valence-corrected chi connectivity index (χ4v) is 4.03. The molecule has 2 aromatic rings. The van der Waals surface area contributed by atoms with E-state index in [4.69, 9.17) is 11.5 Å². The summed E-state index contributed by atoms with van der Waals surface area (Å²) in [5.41, 5.74) is 13.1. The molecular formula is C27H41N7O5. The van der Waals surface area contributed by atoms with Crippen molar-refractivity contribution in [3.63, 3.8) is 0 Å². The van der Waals surface area contributed by atoms with Crippen molar-refractivity contribution < 1.29 is 24.3 Å². The molecule has 1 aromatic heterocycles. The van der Waals surface area contributed by atoms with Crippen molar-refractivity contribution >= 4 is 23.7 Å². The molecule has 0 fully saturated rings. The maximum atomic E-state index is 13.5. The second-order valence-electron chi connectivity index (χ2n) is 9.69. The summed E-state index contributed by atoms with van der Waals surface area (Å²) in [5.74, 6) is -3.16. The van der Waals surface area contributed by atoms with Gasteiger partial charge in [-0.05, 0) is 37.3 Å². The van der Waals surface area contributed by atoms with Gasteiger partial charge in [-0.25, -0.2) is 9.78 Å². The van der Waals surface area contributed by atoms with Crippen molar-refractivity contribution in [1.29, 1.82) is 0 Å². The van der Waals surface area contributed by atoms with Crippen LogP contribution in [-0.2, 0) is 32.0 Å². The van der Waals surface area contributed by atoms with Gasteiger partial charge in [0.05, 0.1) is 12.4 Å². The molecule has 1 heterocycles. The molecule has 0 radical (unpaired) electrons. The summed E-state index contributed by atoms with van der Waals surface area (Å²) in [4.78, 5) is 58.1. The SMILES string of the molecule is CCC(C)C(NC(=O)C(Cc1ccccc1)NC(=O)C(N)Cc1cnc[nH]1)C(=O)NC(CCCCN)C(=O)O. The number of carbonyl (C=O) groups excluding carboxylic acids is 3. The lowest BCUT2D eigenvalue weighted by Gasteiger charge is -2.28. The van der Waals surface area contributed by atoms with Crippen LogP contribution in [0.25, 0.3) is 0 Å². The van der Waals surface area contributed by atoms with Crippen LogP contribution in [0.3, 0.4) is 0 Å². The van der Waals surface area contributed by atoms with Crippen LogP contribution in [0.15, 0.2) is 42.9 Å². The minimum absolute atomic E-state index is 0.168. The van der Waals surface area contributed by atoms with Crippen molar-refractivity contribution in [1.82, 2.24) is 25.9 Å². The van der Waals surface area contributed by atoms with Gasteiger partial charge in [-0.3, -0.25) is 14.4 Å². The highest BCUT2D eigenvalue weighted by Gasteiger charge is 2.32. The number of aromatic nitrogens is 2. The number of rotatable bonds is 17. The Kier molecular flexibility index (Phi) is 13.1. The molecule has 214 valence electrons. The molecule has 12 nitrogen and oxygen atoms in total. The third-order valence-corrected chi connectivity index (χ3v) is 6.60. The number of carbonyl (C=O) groups is 4. The zero-order valence-electron chi connectivity index (χ0n) is 22.6. The van der Waals surface area contributed by atoms with E-state index in [0.717, 1.165) is 5.56 Å². The van der Waals surface area contributed by atoms with Gasteiger partial charge in [-0.1, -0.05) is 50.6 Å². The highest BCUT2D eigenvalue weighted by molar-refractivity contribution is 5.94. The molecule has 5 unspecified atom stereocenters. The van der Waals surface area contributed by atoms with Crippen LogP contribution in [0.2, 0.25) is 0 Å². The smallest absolute Gasteiger partial charge is 0.326 e. The van der Waals surface area contributed by atoms with Crippen molar-refractivity contribution in [2.45, 2.75) is 76.5 Å². The Bertz CT molecular complexity index is 1050. The summed E-state index contributed by atoms with van der Waals surface area (Å²) in [6.45, 7) is 4.08. The standard InChI is InChI=1S/C27H41N7O5/c1-3-17(2)23(26(37)32-21(27(38)39)11-7-8-12-28)34-25(36)22(13-18-9-5-4-6-10-18)33-24(35)20(29)14-19-15-30-16-31-19/h4-6,9-10,15-17,20-23H,3,7-8,11-14,28-29H2,1-2H3,(H,30,31)(H,32,37)(H,33,35)(H,34,36)(H,38,39). The van der Waals surface area contributed by atoms with Crippen molar-refractivity contribution in [2.24, 2.45) is 17.4 Å². The fraction of sp³-hybridized carbons (Fsp3) is 0.519. The number of carboxylic acid groups (broad SMARTS) is 1. The van der Waals surface area contributed by atoms with Crippen LogP contribution in [0.5, 0.6) is 0 Å². The van der Waals surface area contributed by atoms with Gasteiger partial charge in [0.25, 0.3) is 0 Å². The second kappa shape index (κ2) is 16.2. The Morgan fingerprint density at radius 2 is 1.67 bits per heavy atom. The van der Waals surface area contributed by atoms with Crippen LogP contribution < -0.4 is 27.4 Å². The number of amides is 3. The summed E-state index contributed by atoms with van der Waals surface area (Å²) >= 11 is 0. The number of aromatic amines is 1. The van der Waals surface area contributed by atoms with Crippen molar-refractivity contribution in [3.8, 4) is 0 Å². The molecule has 5 atom stereocenters. The summed E-state index contributed by atoms with van der Waals surface area (Å²) in [6.07, 6.45) is 5.36. The first-order valence-electron chi connectivity index (χ1n) is 13.3. The Balaban J connectivity index is 2.19. The summed E-state index contributed by atoms with van der Waals surface area (Å²) in [5, 5.41) is 17.6. The number of carboxylic acids is 1. The second-order valence-corrected chi connectivity index (χ2v) is 9.69. The lowest BCUT2D eigenvalue weighted by Crippen LogP contribution is -2.59. The van der Waals surface area contributed by atoms with Crippen LogP contribution in [-0.4, -0.2) is 69.5 Å². The summed E-state index contributed by atoms with van der Waals surface area (Å²) in [6, 6.07) is 5.07. The normalized spacial score (nSPS) is 14.9. The number of nitrogens with zero attached hydrogens (tertiary/aromatic N) is 1. The molecule has 0 bridgehead atoms. The molecule has 0 saturated carbocycles. The van der Waals surface area contributed by atoms with Crippen molar-refractivity contribution in [2.75, 3.05) is 6.54 Å². The van der Waals surface area contributed by atoms with Gasteiger partial charge in [0, 0.05) is 24.7 Å². The number of hydrogen-bond acceptors (Lipinski definition) is 7. The molecule has 0 spiro atoms. The third-order valence-electron chi connectivity index (χ3n) is 6.60. The number of aliphatic carboxylic acids is 1. The van der Waals surface area contributed by atoms with Gasteiger partial charge in [0.2, 0.25) is 17.7 Å². The summed E-state index contributed by atoms with van der Waals surface area (Å²) < 4.78 is 0. The van der Waals surface area contributed by atoms with Gasteiger partial charge in [0.1, 0.15) is 18.1 Å². The quantitative estimate of drug-likeness (QED) is 0.137.